The van der Waals surface area contributed by atoms with Gasteiger partial charge in [0.25, 0.3) is 5.91 Å². The summed E-state index contributed by atoms with van der Waals surface area (Å²) in [5.74, 6) is -1.54. The van der Waals surface area contributed by atoms with E-state index in [0.29, 0.717) is 11.4 Å². The van der Waals surface area contributed by atoms with E-state index < -0.39 is 29.6 Å². The van der Waals surface area contributed by atoms with Crippen molar-refractivity contribution < 1.29 is 19.1 Å². The molecule has 144 valence electrons. The van der Waals surface area contributed by atoms with E-state index in [1.165, 1.54) is 11.7 Å². The number of nitrogens with one attached hydrogen (secondary N) is 2. The van der Waals surface area contributed by atoms with Gasteiger partial charge in [-0.1, -0.05) is 18.2 Å². The lowest BCUT2D eigenvalue weighted by molar-refractivity contribution is -0.127. The van der Waals surface area contributed by atoms with Crippen LogP contribution in [0, 0.1) is 6.92 Å². The summed E-state index contributed by atoms with van der Waals surface area (Å²) >= 11 is 0. The third kappa shape index (κ3) is 5.63. The van der Waals surface area contributed by atoms with E-state index in [-0.39, 0.29) is 5.69 Å². The molecule has 1 aromatic carbocycles. The summed E-state index contributed by atoms with van der Waals surface area (Å²) in [6.45, 7) is 8.32. The van der Waals surface area contributed by atoms with Gasteiger partial charge in [0, 0.05) is 5.54 Å². The number of carbonyl (C=O) groups is 3. The van der Waals surface area contributed by atoms with Crippen LogP contribution in [0.3, 0.4) is 0 Å². The Hall–Kier alpha value is -3.23. The summed E-state index contributed by atoms with van der Waals surface area (Å²) in [5.41, 5.74) is 0.543. The highest BCUT2D eigenvalue weighted by atomic mass is 16.5. The summed E-state index contributed by atoms with van der Waals surface area (Å²) < 4.78 is 5.11. The van der Waals surface area contributed by atoms with Crippen LogP contribution in [-0.2, 0) is 9.53 Å². The number of imide groups is 1. The van der Waals surface area contributed by atoms with Gasteiger partial charge in [0.05, 0.1) is 11.4 Å². The minimum Gasteiger partial charge on any atom is -0.448 e. The largest absolute Gasteiger partial charge is 0.448 e. The molecule has 0 fully saturated rings. The van der Waals surface area contributed by atoms with Crippen LogP contribution in [0.5, 0.6) is 0 Å². The first-order valence-electron chi connectivity index (χ1n) is 8.40. The predicted octanol–water partition coefficient (Wildman–Crippen LogP) is 1.75. The van der Waals surface area contributed by atoms with Gasteiger partial charge in [-0.2, -0.15) is 9.90 Å². The lowest BCUT2D eigenvalue weighted by Crippen LogP contribution is -2.50. The van der Waals surface area contributed by atoms with Crippen LogP contribution < -0.4 is 10.6 Å². The first-order chi connectivity index (χ1) is 12.6. The highest BCUT2D eigenvalue weighted by Gasteiger charge is 2.25. The fourth-order valence-electron chi connectivity index (χ4n) is 2.10. The number of aryl methyl sites for hydroxylation is 1. The zero-order valence-electron chi connectivity index (χ0n) is 15.9. The normalized spacial score (nSPS) is 12.2. The first kappa shape index (κ1) is 20.1. The summed E-state index contributed by atoms with van der Waals surface area (Å²) in [7, 11) is 0. The second-order valence-corrected chi connectivity index (χ2v) is 7.00. The zero-order valence-corrected chi connectivity index (χ0v) is 15.9. The number of hydrogen-bond acceptors (Lipinski definition) is 6. The Labute approximate surface area is 157 Å². The van der Waals surface area contributed by atoms with Crippen molar-refractivity contribution in [2.75, 3.05) is 0 Å². The Bertz CT molecular complexity index is 839. The third-order valence-electron chi connectivity index (χ3n) is 3.34. The third-order valence-corrected chi connectivity index (χ3v) is 3.34. The molecular weight excluding hydrogens is 350 g/mol. The molecule has 1 unspecified atom stereocenters. The second-order valence-electron chi connectivity index (χ2n) is 7.00. The lowest BCUT2D eigenvalue weighted by atomic mass is 10.1. The first-order valence-corrected chi connectivity index (χ1v) is 8.40. The molecule has 0 radical (unpaired) electrons. The van der Waals surface area contributed by atoms with Gasteiger partial charge in [-0.05, 0) is 46.8 Å². The number of para-hydroxylation sites is 1. The smallest absolute Gasteiger partial charge is 0.361 e. The van der Waals surface area contributed by atoms with E-state index in [1.807, 2.05) is 18.2 Å². The number of rotatable bonds is 4. The molecule has 0 saturated carbocycles. The molecule has 0 spiro atoms. The topological polar surface area (TPSA) is 115 Å². The number of esters is 1. The van der Waals surface area contributed by atoms with E-state index in [2.05, 4.69) is 20.8 Å². The van der Waals surface area contributed by atoms with Gasteiger partial charge in [0.2, 0.25) is 0 Å². The highest BCUT2D eigenvalue weighted by molar-refractivity contribution is 5.98. The number of nitrogens with zero attached hydrogens (tertiary/aromatic N) is 3. The summed E-state index contributed by atoms with van der Waals surface area (Å²) in [6, 6.07) is 8.41. The van der Waals surface area contributed by atoms with Crippen molar-refractivity contribution in [2.24, 2.45) is 0 Å². The molecule has 0 aliphatic carbocycles. The number of aromatic nitrogens is 3. The standard InChI is InChI=1S/C18H23N5O4/c1-11-14(22-23(21-11)13-9-7-6-8-10-13)16(25)27-12(2)15(24)19-17(26)20-18(3,4)5/h6-10,12H,1-5H3,(H2,19,20,24,26). The summed E-state index contributed by atoms with van der Waals surface area (Å²) in [5, 5.41) is 13.0. The number of urea groups is 1. The van der Waals surface area contributed by atoms with Gasteiger partial charge < -0.3 is 10.1 Å². The Morgan fingerprint density at radius 3 is 2.33 bits per heavy atom. The minimum absolute atomic E-state index is 0.00218. The van der Waals surface area contributed by atoms with Crippen LogP contribution in [0.1, 0.15) is 43.9 Å². The Kier molecular flexibility index (Phi) is 5.94. The average molecular weight is 373 g/mol. The lowest BCUT2D eigenvalue weighted by Gasteiger charge is -2.21. The molecule has 27 heavy (non-hydrogen) atoms. The van der Waals surface area contributed by atoms with Gasteiger partial charge in [-0.15, -0.1) is 5.10 Å². The van der Waals surface area contributed by atoms with Crippen LogP contribution in [0.4, 0.5) is 4.79 Å². The van der Waals surface area contributed by atoms with Crippen molar-refractivity contribution >= 4 is 17.9 Å². The van der Waals surface area contributed by atoms with Crippen molar-refractivity contribution in [3.8, 4) is 5.69 Å². The number of benzene rings is 1. The van der Waals surface area contributed by atoms with Gasteiger partial charge in [-0.25, -0.2) is 9.59 Å². The second kappa shape index (κ2) is 7.98. The number of amides is 3. The predicted molar refractivity (Wildman–Crippen MR) is 97.4 cm³/mol. The van der Waals surface area contributed by atoms with Crippen LogP contribution in [0.25, 0.3) is 5.69 Å². The van der Waals surface area contributed by atoms with Crippen molar-refractivity contribution in [2.45, 2.75) is 46.3 Å². The van der Waals surface area contributed by atoms with Gasteiger partial charge in [0.1, 0.15) is 0 Å². The monoisotopic (exact) mass is 373 g/mol. The molecule has 1 heterocycles. The molecule has 0 aliphatic heterocycles. The van der Waals surface area contributed by atoms with E-state index >= 15 is 0 Å². The number of carbonyl (C=O) groups excluding carboxylic acids is 3. The molecule has 9 nitrogen and oxygen atoms in total. The Morgan fingerprint density at radius 2 is 1.74 bits per heavy atom. The van der Waals surface area contributed by atoms with E-state index in [1.54, 1.807) is 39.8 Å². The zero-order chi connectivity index (χ0) is 20.2. The SMILES string of the molecule is Cc1nn(-c2ccccc2)nc1C(=O)OC(C)C(=O)NC(=O)NC(C)(C)C. The maximum Gasteiger partial charge on any atom is 0.361 e. The molecule has 1 aromatic heterocycles. The van der Waals surface area contributed by atoms with Crippen LogP contribution in [-0.4, -0.2) is 44.5 Å². The summed E-state index contributed by atoms with van der Waals surface area (Å²) in [6.07, 6.45) is -1.18. The Balaban J connectivity index is 2.01. The summed E-state index contributed by atoms with van der Waals surface area (Å²) in [4.78, 5) is 37.4. The molecule has 2 aromatic rings. The van der Waals surface area contributed by atoms with E-state index in [9.17, 15) is 14.4 Å². The van der Waals surface area contributed by atoms with E-state index in [4.69, 9.17) is 4.74 Å². The highest BCUT2D eigenvalue weighted by Crippen LogP contribution is 2.10. The molecule has 2 N–H and O–H groups in total. The minimum atomic E-state index is -1.18. The molecular formula is C18H23N5O4. The molecule has 0 bridgehead atoms. The number of ether oxygens (including phenoxy) is 1. The average Bonchev–Trinajstić information content (AvgIpc) is 2.95. The van der Waals surface area contributed by atoms with E-state index in [0.717, 1.165) is 0 Å². The molecule has 2 rings (SSSR count). The van der Waals surface area contributed by atoms with Crippen LogP contribution in [0.15, 0.2) is 30.3 Å². The van der Waals surface area contributed by atoms with Crippen molar-refractivity contribution in [3.05, 3.63) is 41.7 Å². The van der Waals surface area contributed by atoms with Crippen LogP contribution in [0.2, 0.25) is 0 Å². The molecule has 9 heteroatoms. The molecule has 0 aliphatic rings. The molecule has 1 atom stereocenters. The van der Waals surface area contributed by atoms with Crippen molar-refractivity contribution in [1.29, 1.82) is 0 Å². The van der Waals surface area contributed by atoms with Crippen LogP contribution >= 0.6 is 0 Å². The van der Waals surface area contributed by atoms with Gasteiger partial charge >= 0.3 is 12.0 Å². The maximum absolute atomic E-state index is 12.3. The maximum atomic E-state index is 12.3. The number of hydrogen-bond donors (Lipinski definition) is 2. The fourth-order valence-corrected chi connectivity index (χ4v) is 2.10. The van der Waals surface area contributed by atoms with Gasteiger partial charge in [-0.3, -0.25) is 10.1 Å². The molecule has 0 saturated heterocycles. The quantitative estimate of drug-likeness (QED) is 0.789. The van der Waals surface area contributed by atoms with Crippen molar-refractivity contribution in [3.63, 3.8) is 0 Å². The fraction of sp³-hybridized carbons (Fsp3) is 0.389. The Morgan fingerprint density at radius 1 is 1.11 bits per heavy atom. The van der Waals surface area contributed by atoms with Gasteiger partial charge in [0.15, 0.2) is 11.8 Å². The van der Waals surface area contributed by atoms with Crippen molar-refractivity contribution in [1.82, 2.24) is 25.6 Å². The molecule has 3 amide bonds.